The molecule has 1 aromatic heterocycles. The molecule has 3 heterocycles. The molecule has 8 heteroatoms. The smallest absolute Gasteiger partial charge is 0.279 e. The maximum absolute atomic E-state index is 12.5. The lowest BCUT2D eigenvalue weighted by Gasteiger charge is -2.33. The van der Waals surface area contributed by atoms with Crippen molar-refractivity contribution in [2.45, 2.75) is 44.6 Å². The fraction of sp³-hybridized carbons (Fsp3) is 0.733. The van der Waals surface area contributed by atoms with Gasteiger partial charge in [-0.3, -0.25) is 0 Å². The van der Waals surface area contributed by atoms with E-state index in [0.717, 1.165) is 57.6 Å². The second-order valence-corrected chi connectivity index (χ2v) is 7.95. The zero-order valence-corrected chi connectivity index (χ0v) is 14.2. The van der Waals surface area contributed by atoms with E-state index in [9.17, 15) is 8.42 Å². The Hall–Kier alpha value is -1.25. The molecule has 2 saturated heterocycles. The van der Waals surface area contributed by atoms with E-state index in [4.69, 9.17) is 0 Å². The molecule has 0 saturated carbocycles. The molecule has 0 aromatic carbocycles. The Labute approximate surface area is 138 Å². The molecule has 23 heavy (non-hydrogen) atoms. The van der Waals surface area contributed by atoms with E-state index in [2.05, 4.69) is 19.6 Å². The standard InChI is InChI=1S/C15H25N5O2S/c21-23(22,20-10-3-1-2-4-11-20)18-14-6-12-19(13-7-14)15-16-8-5-9-17-15/h5,8-9,14,18H,1-4,6-7,10-13H2. The van der Waals surface area contributed by atoms with E-state index in [-0.39, 0.29) is 6.04 Å². The Bertz CT molecular complexity index is 579. The molecule has 0 radical (unpaired) electrons. The zero-order chi connectivity index (χ0) is 16.1. The summed E-state index contributed by atoms with van der Waals surface area (Å²) in [5, 5.41) is 0. The van der Waals surface area contributed by atoms with Crippen molar-refractivity contribution in [1.82, 2.24) is 19.0 Å². The van der Waals surface area contributed by atoms with Crippen molar-refractivity contribution in [3.05, 3.63) is 18.5 Å². The van der Waals surface area contributed by atoms with Gasteiger partial charge in [-0.1, -0.05) is 12.8 Å². The summed E-state index contributed by atoms with van der Waals surface area (Å²) < 4.78 is 29.6. The van der Waals surface area contributed by atoms with Crippen molar-refractivity contribution < 1.29 is 8.42 Å². The molecule has 0 unspecified atom stereocenters. The summed E-state index contributed by atoms with van der Waals surface area (Å²) in [5.74, 6) is 0.723. The maximum atomic E-state index is 12.5. The molecule has 2 aliphatic rings. The van der Waals surface area contributed by atoms with Gasteiger partial charge in [-0.2, -0.15) is 17.4 Å². The van der Waals surface area contributed by atoms with Gasteiger partial charge < -0.3 is 4.90 Å². The van der Waals surface area contributed by atoms with Gasteiger partial charge in [0.15, 0.2) is 0 Å². The van der Waals surface area contributed by atoms with Crippen LogP contribution in [0.1, 0.15) is 38.5 Å². The highest BCUT2D eigenvalue weighted by Gasteiger charge is 2.28. The van der Waals surface area contributed by atoms with Crippen molar-refractivity contribution in [1.29, 1.82) is 0 Å². The van der Waals surface area contributed by atoms with Gasteiger partial charge in [-0.15, -0.1) is 0 Å². The number of nitrogens with zero attached hydrogens (tertiary/aromatic N) is 4. The number of hydrogen-bond donors (Lipinski definition) is 1. The normalized spacial score (nSPS) is 22.0. The van der Waals surface area contributed by atoms with E-state index in [0.29, 0.717) is 13.1 Å². The van der Waals surface area contributed by atoms with Gasteiger partial charge in [0.2, 0.25) is 5.95 Å². The molecule has 0 aliphatic carbocycles. The highest BCUT2D eigenvalue weighted by Crippen LogP contribution is 2.18. The first-order valence-corrected chi connectivity index (χ1v) is 9.88. The van der Waals surface area contributed by atoms with Crippen LogP contribution < -0.4 is 9.62 Å². The molecule has 2 fully saturated rings. The molecule has 128 valence electrons. The van der Waals surface area contributed by atoms with Gasteiger partial charge in [0.1, 0.15) is 0 Å². The number of anilines is 1. The second kappa shape index (κ2) is 7.55. The Morgan fingerprint density at radius 1 is 0.957 bits per heavy atom. The number of hydrogen-bond acceptors (Lipinski definition) is 5. The van der Waals surface area contributed by atoms with Gasteiger partial charge in [0.05, 0.1) is 0 Å². The van der Waals surface area contributed by atoms with Crippen LogP contribution in [0.15, 0.2) is 18.5 Å². The van der Waals surface area contributed by atoms with E-state index >= 15 is 0 Å². The topological polar surface area (TPSA) is 78.4 Å². The second-order valence-electron chi connectivity index (χ2n) is 6.25. The van der Waals surface area contributed by atoms with E-state index in [1.807, 2.05) is 0 Å². The predicted molar refractivity (Wildman–Crippen MR) is 89.4 cm³/mol. The van der Waals surface area contributed by atoms with Crippen LogP contribution in [0.5, 0.6) is 0 Å². The summed E-state index contributed by atoms with van der Waals surface area (Å²) in [4.78, 5) is 10.6. The van der Waals surface area contributed by atoms with Gasteiger partial charge in [0, 0.05) is 44.6 Å². The first-order valence-electron chi connectivity index (χ1n) is 8.44. The van der Waals surface area contributed by atoms with Gasteiger partial charge >= 0.3 is 0 Å². The summed E-state index contributed by atoms with van der Waals surface area (Å²) in [7, 11) is -3.35. The first kappa shape index (κ1) is 16.6. The van der Waals surface area contributed by atoms with E-state index in [1.54, 1.807) is 22.8 Å². The highest BCUT2D eigenvalue weighted by molar-refractivity contribution is 7.87. The van der Waals surface area contributed by atoms with Gasteiger partial charge in [-0.25, -0.2) is 9.97 Å². The average Bonchev–Trinajstić information content (AvgIpc) is 2.86. The molecule has 2 aliphatic heterocycles. The van der Waals surface area contributed by atoms with Gasteiger partial charge in [-0.05, 0) is 31.7 Å². The molecular weight excluding hydrogens is 314 g/mol. The monoisotopic (exact) mass is 339 g/mol. The summed E-state index contributed by atoms with van der Waals surface area (Å²) >= 11 is 0. The first-order chi connectivity index (χ1) is 11.1. The number of aromatic nitrogens is 2. The minimum absolute atomic E-state index is 0.00298. The fourth-order valence-corrected chi connectivity index (χ4v) is 4.76. The fourth-order valence-electron chi connectivity index (χ4n) is 3.22. The third-order valence-electron chi connectivity index (χ3n) is 4.55. The highest BCUT2D eigenvalue weighted by atomic mass is 32.2. The van der Waals surface area contributed by atoms with Crippen molar-refractivity contribution >= 4 is 16.2 Å². The van der Waals surface area contributed by atoms with Crippen LogP contribution in [0.3, 0.4) is 0 Å². The van der Waals surface area contributed by atoms with Crippen LogP contribution in [0, 0.1) is 0 Å². The lowest BCUT2D eigenvalue weighted by molar-refractivity contribution is 0.392. The zero-order valence-electron chi connectivity index (χ0n) is 13.4. The SMILES string of the molecule is O=S(=O)(NC1CCN(c2ncccn2)CC1)N1CCCCCC1. The molecule has 1 aromatic rings. The minimum Gasteiger partial charge on any atom is -0.341 e. The van der Waals surface area contributed by atoms with Crippen LogP contribution in [0.25, 0.3) is 0 Å². The van der Waals surface area contributed by atoms with Crippen LogP contribution >= 0.6 is 0 Å². The number of piperidine rings is 1. The Kier molecular flexibility index (Phi) is 5.45. The Morgan fingerprint density at radius 3 is 2.17 bits per heavy atom. The van der Waals surface area contributed by atoms with Crippen molar-refractivity contribution in [2.75, 3.05) is 31.1 Å². The largest absolute Gasteiger partial charge is 0.341 e. The summed E-state index contributed by atoms with van der Waals surface area (Å²) in [6.45, 7) is 2.84. The third kappa shape index (κ3) is 4.39. The molecule has 0 atom stereocenters. The van der Waals surface area contributed by atoms with Gasteiger partial charge in [0.25, 0.3) is 10.2 Å². The number of nitrogens with one attached hydrogen (secondary N) is 1. The van der Waals surface area contributed by atoms with Crippen molar-refractivity contribution in [3.8, 4) is 0 Å². The van der Waals surface area contributed by atoms with Crippen LogP contribution in [0.2, 0.25) is 0 Å². The van der Waals surface area contributed by atoms with Crippen LogP contribution in [-0.4, -0.2) is 54.9 Å². The predicted octanol–water partition coefficient (Wildman–Crippen LogP) is 1.16. The summed E-state index contributed by atoms with van der Waals surface area (Å²) in [5.41, 5.74) is 0. The Balaban J connectivity index is 1.53. The maximum Gasteiger partial charge on any atom is 0.279 e. The van der Waals surface area contributed by atoms with E-state index < -0.39 is 10.2 Å². The summed E-state index contributed by atoms with van der Waals surface area (Å²) in [6.07, 6.45) is 9.21. The minimum atomic E-state index is -3.35. The van der Waals surface area contributed by atoms with Crippen molar-refractivity contribution in [3.63, 3.8) is 0 Å². The van der Waals surface area contributed by atoms with E-state index in [1.165, 1.54) is 0 Å². The molecule has 7 nitrogen and oxygen atoms in total. The number of rotatable bonds is 4. The average molecular weight is 339 g/mol. The molecular formula is C15H25N5O2S. The van der Waals surface area contributed by atoms with Crippen LogP contribution in [-0.2, 0) is 10.2 Å². The third-order valence-corrected chi connectivity index (χ3v) is 6.23. The molecule has 3 rings (SSSR count). The van der Waals surface area contributed by atoms with Crippen LogP contribution in [0.4, 0.5) is 5.95 Å². The Morgan fingerprint density at radius 2 is 1.57 bits per heavy atom. The quantitative estimate of drug-likeness (QED) is 0.890. The lowest BCUT2D eigenvalue weighted by Crippen LogP contribution is -2.50. The molecule has 0 bridgehead atoms. The summed E-state index contributed by atoms with van der Waals surface area (Å²) in [6, 6.07) is 1.80. The molecule has 0 amide bonds. The van der Waals surface area contributed by atoms with Crippen molar-refractivity contribution in [2.24, 2.45) is 0 Å². The molecule has 1 N–H and O–H groups in total. The lowest BCUT2D eigenvalue weighted by atomic mass is 10.1. The molecule has 0 spiro atoms.